The summed E-state index contributed by atoms with van der Waals surface area (Å²) in [6.45, 7) is 0.505. The highest BCUT2D eigenvalue weighted by molar-refractivity contribution is 5.74. The number of nitrogens with two attached hydrogens (primary N) is 1. The number of primary amides is 1. The van der Waals surface area contributed by atoms with Crippen LogP contribution in [0, 0.1) is 0 Å². The van der Waals surface area contributed by atoms with Crippen LogP contribution in [-0.2, 0) is 4.79 Å². The molecular weight excluding hydrogens is 208 g/mol. The van der Waals surface area contributed by atoms with Crippen LogP contribution in [0.1, 0.15) is 6.42 Å². The third-order valence-corrected chi connectivity index (χ3v) is 2.08. The molecule has 16 heavy (non-hydrogen) atoms. The van der Waals surface area contributed by atoms with Gasteiger partial charge in [0.15, 0.2) is 11.5 Å². The van der Waals surface area contributed by atoms with Crippen molar-refractivity contribution in [1.29, 1.82) is 0 Å². The predicted octanol–water partition coefficient (Wildman–Crippen LogP) is 0.991. The first kappa shape index (κ1) is 12.2. The van der Waals surface area contributed by atoms with Gasteiger partial charge in [-0.1, -0.05) is 0 Å². The minimum absolute atomic E-state index is 0.300. The van der Waals surface area contributed by atoms with Crippen molar-refractivity contribution in [2.45, 2.75) is 6.42 Å². The minimum Gasteiger partial charge on any atom is -0.493 e. The zero-order valence-corrected chi connectivity index (χ0v) is 9.45. The van der Waals surface area contributed by atoms with Crippen LogP contribution in [0.25, 0.3) is 0 Å². The number of ether oxygens (including phenoxy) is 2. The number of hydrogen-bond donors (Lipinski definition) is 2. The summed E-state index contributed by atoms with van der Waals surface area (Å²) in [7, 11) is 3.16. The van der Waals surface area contributed by atoms with E-state index in [-0.39, 0.29) is 5.91 Å². The number of amides is 1. The second kappa shape index (κ2) is 5.85. The van der Waals surface area contributed by atoms with Crippen molar-refractivity contribution in [2.24, 2.45) is 5.73 Å². The highest BCUT2D eigenvalue weighted by Gasteiger charge is 2.04. The molecule has 0 radical (unpaired) electrons. The van der Waals surface area contributed by atoms with Crippen LogP contribution in [-0.4, -0.2) is 26.7 Å². The van der Waals surface area contributed by atoms with Gasteiger partial charge in [0.25, 0.3) is 0 Å². The first-order chi connectivity index (χ1) is 7.67. The molecule has 5 nitrogen and oxygen atoms in total. The van der Waals surface area contributed by atoms with Gasteiger partial charge in [-0.3, -0.25) is 4.79 Å². The normalized spacial score (nSPS) is 9.62. The first-order valence-corrected chi connectivity index (χ1v) is 4.91. The molecule has 1 amide bonds. The van der Waals surface area contributed by atoms with Crippen LogP contribution in [0.4, 0.5) is 5.69 Å². The number of hydrogen-bond acceptors (Lipinski definition) is 4. The Morgan fingerprint density at radius 3 is 2.56 bits per heavy atom. The maximum absolute atomic E-state index is 10.6. The summed E-state index contributed by atoms with van der Waals surface area (Å²) in [5, 5.41) is 3.07. The number of methoxy groups -OCH3 is 2. The molecule has 0 aromatic heterocycles. The van der Waals surface area contributed by atoms with Gasteiger partial charge in [-0.25, -0.2) is 0 Å². The monoisotopic (exact) mass is 224 g/mol. The standard InChI is InChI=1S/C11H16N2O3/c1-15-9-4-3-8(7-10(9)16-2)13-6-5-11(12)14/h3-4,7,13H,5-6H2,1-2H3,(H2,12,14). The number of anilines is 1. The molecule has 1 rings (SSSR count). The molecule has 0 spiro atoms. The number of benzene rings is 1. The lowest BCUT2D eigenvalue weighted by molar-refractivity contribution is -0.117. The van der Waals surface area contributed by atoms with Gasteiger partial charge in [0.05, 0.1) is 14.2 Å². The average Bonchev–Trinajstić information content (AvgIpc) is 2.28. The molecule has 0 aliphatic rings. The Balaban J connectivity index is 2.64. The fourth-order valence-corrected chi connectivity index (χ4v) is 1.28. The zero-order valence-electron chi connectivity index (χ0n) is 9.45. The van der Waals surface area contributed by atoms with Gasteiger partial charge >= 0.3 is 0 Å². The summed E-state index contributed by atoms with van der Waals surface area (Å²) < 4.78 is 10.3. The van der Waals surface area contributed by atoms with E-state index in [1.807, 2.05) is 6.07 Å². The summed E-state index contributed by atoms with van der Waals surface area (Å²) in [4.78, 5) is 10.6. The first-order valence-electron chi connectivity index (χ1n) is 4.91. The van der Waals surface area contributed by atoms with E-state index in [1.54, 1.807) is 26.4 Å². The molecule has 0 aliphatic carbocycles. The highest BCUT2D eigenvalue weighted by atomic mass is 16.5. The number of carbonyl (C=O) groups is 1. The van der Waals surface area contributed by atoms with Gasteiger partial charge in [0, 0.05) is 24.7 Å². The fraction of sp³-hybridized carbons (Fsp3) is 0.364. The molecule has 1 aromatic rings. The quantitative estimate of drug-likeness (QED) is 0.755. The molecule has 0 heterocycles. The Labute approximate surface area is 94.5 Å². The molecule has 0 unspecified atom stereocenters. The van der Waals surface area contributed by atoms with Crippen LogP contribution in [0.15, 0.2) is 18.2 Å². The van der Waals surface area contributed by atoms with Crippen molar-refractivity contribution in [3.8, 4) is 11.5 Å². The molecule has 1 aromatic carbocycles. The molecule has 0 fully saturated rings. The number of rotatable bonds is 6. The van der Waals surface area contributed by atoms with E-state index in [2.05, 4.69) is 5.32 Å². The predicted molar refractivity (Wildman–Crippen MR) is 61.8 cm³/mol. The average molecular weight is 224 g/mol. The highest BCUT2D eigenvalue weighted by Crippen LogP contribution is 2.29. The van der Waals surface area contributed by atoms with Gasteiger partial charge in [0.1, 0.15) is 0 Å². The zero-order chi connectivity index (χ0) is 12.0. The molecular formula is C11H16N2O3. The Morgan fingerprint density at radius 2 is 2.00 bits per heavy atom. The lowest BCUT2D eigenvalue weighted by Gasteiger charge is -2.10. The Morgan fingerprint density at radius 1 is 1.31 bits per heavy atom. The van der Waals surface area contributed by atoms with Crippen LogP contribution in [0.2, 0.25) is 0 Å². The Hall–Kier alpha value is -1.91. The molecule has 0 saturated heterocycles. The molecule has 0 bridgehead atoms. The van der Waals surface area contributed by atoms with Crippen molar-refractivity contribution < 1.29 is 14.3 Å². The third kappa shape index (κ3) is 3.34. The van der Waals surface area contributed by atoms with Gasteiger partial charge in [-0.15, -0.1) is 0 Å². The number of carbonyl (C=O) groups excluding carboxylic acids is 1. The van der Waals surface area contributed by atoms with Gasteiger partial charge in [0.2, 0.25) is 5.91 Å². The summed E-state index contributed by atoms with van der Waals surface area (Å²) >= 11 is 0. The lowest BCUT2D eigenvalue weighted by atomic mass is 10.2. The topological polar surface area (TPSA) is 73.6 Å². The van der Waals surface area contributed by atoms with Gasteiger partial charge in [-0.05, 0) is 12.1 Å². The van der Waals surface area contributed by atoms with E-state index in [1.165, 1.54) is 0 Å². The van der Waals surface area contributed by atoms with Gasteiger partial charge in [-0.2, -0.15) is 0 Å². The fourth-order valence-electron chi connectivity index (χ4n) is 1.28. The smallest absolute Gasteiger partial charge is 0.219 e. The minimum atomic E-state index is -0.326. The Bertz CT molecular complexity index is 366. The summed E-state index contributed by atoms with van der Waals surface area (Å²) in [5.74, 6) is 0.988. The van der Waals surface area contributed by atoms with Crippen molar-refractivity contribution in [2.75, 3.05) is 26.1 Å². The summed E-state index contributed by atoms with van der Waals surface area (Å²) in [5.41, 5.74) is 5.89. The molecule has 0 atom stereocenters. The Kier molecular flexibility index (Phi) is 4.44. The van der Waals surface area contributed by atoms with E-state index in [9.17, 15) is 4.79 Å². The van der Waals surface area contributed by atoms with Crippen LogP contribution in [0.5, 0.6) is 11.5 Å². The van der Waals surface area contributed by atoms with Gasteiger partial charge < -0.3 is 20.5 Å². The van der Waals surface area contributed by atoms with Crippen LogP contribution < -0.4 is 20.5 Å². The largest absolute Gasteiger partial charge is 0.493 e. The van der Waals surface area contributed by atoms with Crippen molar-refractivity contribution in [3.05, 3.63) is 18.2 Å². The SMILES string of the molecule is COc1ccc(NCCC(N)=O)cc1OC. The lowest BCUT2D eigenvalue weighted by Crippen LogP contribution is -2.15. The second-order valence-electron chi connectivity index (χ2n) is 3.21. The van der Waals surface area contributed by atoms with E-state index in [0.717, 1.165) is 5.69 Å². The van der Waals surface area contributed by atoms with E-state index in [0.29, 0.717) is 24.5 Å². The van der Waals surface area contributed by atoms with E-state index >= 15 is 0 Å². The maximum Gasteiger partial charge on any atom is 0.219 e. The molecule has 0 saturated carbocycles. The van der Waals surface area contributed by atoms with Crippen molar-refractivity contribution >= 4 is 11.6 Å². The third-order valence-electron chi connectivity index (χ3n) is 2.08. The molecule has 88 valence electrons. The molecule has 0 aliphatic heterocycles. The summed E-state index contributed by atoms with van der Waals surface area (Å²) in [6.07, 6.45) is 0.300. The van der Waals surface area contributed by atoms with Crippen molar-refractivity contribution in [3.63, 3.8) is 0 Å². The van der Waals surface area contributed by atoms with Crippen LogP contribution in [0.3, 0.4) is 0 Å². The maximum atomic E-state index is 10.6. The van der Waals surface area contributed by atoms with Crippen molar-refractivity contribution in [1.82, 2.24) is 0 Å². The van der Waals surface area contributed by atoms with E-state index in [4.69, 9.17) is 15.2 Å². The molecule has 3 N–H and O–H groups in total. The van der Waals surface area contributed by atoms with Crippen LogP contribution >= 0.6 is 0 Å². The number of nitrogens with one attached hydrogen (secondary N) is 1. The second-order valence-corrected chi connectivity index (χ2v) is 3.21. The summed E-state index contributed by atoms with van der Waals surface area (Å²) in [6, 6.07) is 5.45. The van der Waals surface area contributed by atoms with E-state index < -0.39 is 0 Å². The molecule has 5 heteroatoms.